The number of anilines is 1. The molecule has 1 aliphatic rings. The quantitative estimate of drug-likeness (QED) is 0.724. The number of aliphatic hydroxyl groups is 1. The second-order valence-electron chi connectivity index (χ2n) is 7.86. The first-order valence-corrected chi connectivity index (χ1v) is 10.1. The molecule has 2 unspecified atom stereocenters. The van der Waals surface area contributed by atoms with Crippen LogP contribution in [-0.4, -0.2) is 24.8 Å². The average Bonchev–Trinajstić information content (AvgIpc) is 2.63. The molecule has 0 saturated heterocycles. The Morgan fingerprint density at radius 3 is 2.46 bits per heavy atom. The van der Waals surface area contributed by atoms with Crippen LogP contribution in [-0.2, 0) is 12.8 Å². The zero-order valence-corrected chi connectivity index (χ0v) is 16.7. The standard InChI is InChI=1S/C23H30ClNO/c1-25(2)22-13-6-4-10-19(22)17-20-11-7-8-15-23(20,26)16-14-18-9-3-5-12-21(18)24/h3-6,9-10,12-13,20,26H,7-8,11,14-17H2,1-2H3. The molecule has 2 aromatic rings. The summed E-state index contributed by atoms with van der Waals surface area (Å²) in [7, 11) is 4.17. The van der Waals surface area contributed by atoms with Crippen molar-refractivity contribution < 1.29 is 5.11 Å². The first-order chi connectivity index (χ1) is 12.5. The van der Waals surface area contributed by atoms with Crippen molar-refractivity contribution in [3.63, 3.8) is 0 Å². The lowest BCUT2D eigenvalue weighted by atomic mass is 9.70. The van der Waals surface area contributed by atoms with Gasteiger partial charge in [0.15, 0.2) is 0 Å². The Kier molecular flexibility index (Phi) is 6.26. The van der Waals surface area contributed by atoms with Crippen LogP contribution in [0.3, 0.4) is 0 Å². The zero-order valence-electron chi connectivity index (χ0n) is 15.9. The summed E-state index contributed by atoms with van der Waals surface area (Å²) in [6, 6.07) is 16.6. The fourth-order valence-electron chi connectivity index (χ4n) is 4.35. The average molecular weight is 372 g/mol. The fraction of sp³-hybridized carbons (Fsp3) is 0.478. The van der Waals surface area contributed by atoms with Crippen molar-refractivity contribution in [3.05, 3.63) is 64.7 Å². The van der Waals surface area contributed by atoms with Gasteiger partial charge in [-0.1, -0.05) is 60.8 Å². The molecular formula is C23H30ClNO. The third-order valence-corrected chi connectivity index (χ3v) is 6.27. The first kappa shape index (κ1) is 19.3. The maximum atomic E-state index is 11.5. The normalized spacial score (nSPS) is 23.0. The maximum absolute atomic E-state index is 11.5. The van der Waals surface area contributed by atoms with Gasteiger partial charge in [0.25, 0.3) is 0 Å². The Bertz CT molecular complexity index is 730. The van der Waals surface area contributed by atoms with Crippen molar-refractivity contribution in [2.24, 2.45) is 5.92 Å². The number of para-hydroxylation sites is 1. The highest BCUT2D eigenvalue weighted by atomic mass is 35.5. The van der Waals surface area contributed by atoms with E-state index in [0.29, 0.717) is 5.92 Å². The molecule has 1 fully saturated rings. The highest BCUT2D eigenvalue weighted by Gasteiger charge is 2.38. The molecule has 2 aromatic carbocycles. The molecular weight excluding hydrogens is 342 g/mol. The number of nitrogens with zero attached hydrogens (tertiary/aromatic N) is 1. The Labute approximate surface area is 162 Å². The van der Waals surface area contributed by atoms with E-state index in [0.717, 1.165) is 49.1 Å². The lowest BCUT2D eigenvalue weighted by Crippen LogP contribution is -2.42. The van der Waals surface area contributed by atoms with Crippen molar-refractivity contribution in [2.75, 3.05) is 19.0 Å². The molecule has 0 bridgehead atoms. The molecule has 3 heteroatoms. The minimum Gasteiger partial charge on any atom is -0.390 e. The Morgan fingerprint density at radius 2 is 1.73 bits per heavy atom. The van der Waals surface area contributed by atoms with Crippen LogP contribution in [0.5, 0.6) is 0 Å². The summed E-state index contributed by atoms with van der Waals surface area (Å²) in [6.07, 6.45) is 6.88. The highest BCUT2D eigenvalue weighted by Crippen LogP contribution is 2.40. The molecule has 2 atom stereocenters. The van der Waals surface area contributed by atoms with E-state index in [-0.39, 0.29) is 0 Å². The Morgan fingerprint density at radius 1 is 1.04 bits per heavy atom. The summed E-state index contributed by atoms with van der Waals surface area (Å²) >= 11 is 6.32. The van der Waals surface area contributed by atoms with Crippen molar-refractivity contribution in [3.8, 4) is 0 Å². The van der Waals surface area contributed by atoms with Gasteiger partial charge in [0.2, 0.25) is 0 Å². The monoisotopic (exact) mass is 371 g/mol. The number of benzene rings is 2. The topological polar surface area (TPSA) is 23.5 Å². The molecule has 0 spiro atoms. The fourth-order valence-corrected chi connectivity index (χ4v) is 4.58. The van der Waals surface area contributed by atoms with E-state index in [4.69, 9.17) is 11.6 Å². The van der Waals surface area contributed by atoms with Crippen LogP contribution in [0.1, 0.15) is 43.2 Å². The second kappa shape index (κ2) is 8.45. The van der Waals surface area contributed by atoms with Gasteiger partial charge in [-0.2, -0.15) is 0 Å². The van der Waals surface area contributed by atoms with Gasteiger partial charge in [-0.25, -0.2) is 0 Å². The summed E-state index contributed by atoms with van der Waals surface area (Å²) in [5, 5.41) is 12.3. The van der Waals surface area contributed by atoms with Crippen molar-refractivity contribution >= 4 is 17.3 Å². The predicted octanol–water partition coefficient (Wildman–Crippen LogP) is 5.50. The lowest BCUT2D eigenvalue weighted by Gasteiger charge is -2.41. The van der Waals surface area contributed by atoms with E-state index in [1.807, 2.05) is 18.2 Å². The van der Waals surface area contributed by atoms with E-state index >= 15 is 0 Å². The van der Waals surface area contributed by atoms with Crippen molar-refractivity contribution in [1.82, 2.24) is 0 Å². The van der Waals surface area contributed by atoms with Crippen LogP contribution >= 0.6 is 11.6 Å². The predicted molar refractivity (Wildman–Crippen MR) is 111 cm³/mol. The van der Waals surface area contributed by atoms with Crippen molar-refractivity contribution in [1.29, 1.82) is 0 Å². The lowest BCUT2D eigenvalue weighted by molar-refractivity contribution is -0.0544. The van der Waals surface area contributed by atoms with Gasteiger partial charge in [0.1, 0.15) is 0 Å². The molecule has 0 heterocycles. The van der Waals surface area contributed by atoms with Gasteiger partial charge >= 0.3 is 0 Å². The number of hydrogen-bond acceptors (Lipinski definition) is 2. The van der Waals surface area contributed by atoms with E-state index in [1.54, 1.807) is 0 Å². The van der Waals surface area contributed by atoms with E-state index in [2.05, 4.69) is 49.3 Å². The van der Waals surface area contributed by atoms with Crippen LogP contribution in [0, 0.1) is 5.92 Å². The molecule has 26 heavy (non-hydrogen) atoms. The Hall–Kier alpha value is -1.51. The summed E-state index contributed by atoms with van der Waals surface area (Å²) in [5.74, 6) is 0.305. The number of halogens is 1. The largest absolute Gasteiger partial charge is 0.390 e. The minimum absolute atomic E-state index is 0.305. The molecule has 2 nitrogen and oxygen atoms in total. The molecule has 1 saturated carbocycles. The molecule has 1 N–H and O–H groups in total. The summed E-state index contributed by atoms with van der Waals surface area (Å²) in [6.45, 7) is 0. The van der Waals surface area contributed by atoms with Crippen LogP contribution in [0.4, 0.5) is 5.69 Å². The molecule has 1 aliphatic carbocycles. The first-order valence-electron chi connectivity index (χ1n) is 9.70. The summed E-state index contributed by atoms with van der Waals surface area (Å²) < 4.78 is 0. The molecule has 140 valence electrons. The molecule has 0 radical (unpaired) electrons. The zero-order chi connectivity index (χ0) is 18.6. The van der Waals surface area contributed by atoms with Crippen LogP contribution < -0.4 is 4.90 Å². The number of rotatable bonds is 6. The van der Waals surface area contributed by atoms with Gasteiger partial charge in [-0.3, -0.25) is 0 Å². The van der Waals surface area contributed by atoms with E-state index in [1.165, 1.54) is 17.7 Å². The molecule has 0 aliphatic heterocycles. The number of aryl methyl sites for hydroxylation is 1. The third kappa shape index (κ3) is 4.42. The van der Waals surface area contributed by atoms with E-state index in [9.17, 15) is 5.11 Å². The Balaban J connectivity index is 1.76. The van der Waals surface area contributed by atoms with Crippen LogP contribution in [0.2, 0.25) is 5.02 Å². The van der Waals surface area contributed by atoms with Crippen LogP contribution in [0.15, 0.2) is 48.5 Å². The molecule has 0 amide bonds. The minimum atomic E-state index is -0.600. The summed E-state index contributed by atoms with van der Waals surface area (Å²) in [5.41, 5.74) is 3.13. The van der Waals surface area contributed by atoms with Gasteiger partial charge in [0.05, 0.1) is 5.60 Å². The second-order valence-corrected chi connectivity index (χ2v) is 8.27. The van der Waals surface area contributed by atoms with Crippen LogP contribution in [0.25, 0.3) is 0 Å². The molecule has 3 rings (SSSR count). The maximum Gasteiger partial charge on any atom is 0.0682 e. The van der Waals surface area contributed by atoms with Crippen molar-refractivity contribution in [2.45, 2.75) is 50.5 Å². The highest BCUT2D eigenvalue weighted by molar-refractivity contribution is 6.31. The van der Waals surface area contributed by atoms with Gasteiger partial charge in [-0.15, -0.1) is 0 Å². The number of hydrogen-bond donors (Lipinski definition) is 1. The van der Waals surface area contributed by atoms with Gasteiger partial charge < -0.3 is 10.0 Å². The van der Waals surface area contributed by atoms with E-state index < -0.39 is 5.60 Å². The smallest absolute Gasteiger partial charge is 0.0682 e. The van der Waals surface area contributed by atoms with Gasteiger partial charge in [0, 0.05) is 24.8 Å². The summed E-state index contributed by atoms with van der Waals surface area (Å²) in [4.78, 5) is 2.17. The molecule has 0 aromatic heterocycles. The third-order valence-electron chi connectivity index (χ3n) is 5.90. The SMILES string of the molecule is CN(C)c1ccccc1CC1CCCCC1(O)CCc1ccccc1Cl. The van der Waals surface area contributed by atoms with Gasteiger partial charge in [-0.05, 0) is 61.3 Å².